The second-order valence-electron chi connectivity index (χ2n) is 5.35. The van der Waals surface area contributed by atoms with E-state index >= 15 is 0 Å². The molecule has 0 saturated carbocycles. The molecule has 3 rings (SSSR count). The number of nitrogens with zero attached hydrogens (tertiary/aromatic N) is 3. The third kappa shape index (κ3) is 3.10. The highest BCUT2D eigenvalue weighted by atomic mass is 16.6. The van der Waals surface area contributed by atoms with Crippen molar-refractivity contribution in [3.63, 3.8) is 0 Å². The SMILES string of the molecule is C=CCNC(=O)OC1COC2C1OCC2n1cc(C(=O)OC)nn1. The van der Waals surface area contributed by atoms with Gasteiger partial charge in [-0.05, 0) is 0 Å². The minimum Gasteiger partial charge on any atom is -0.464 e. The Kier molecular flexibility index (Phi) is 4.76. The van der Waals surface area contributed by atoms with Crippen LogP contribution in [-0.4, -0.2) is 72.2 Å². The maximum Gasteiger partial charge on any atom is 0.407 e. The Morgan fingerprint density at radius 2 is 2.25 bits per heavy atom. The zero-order chi connectivity index (χ0) is 17.1. The first-order valence-electron chi connectivity index (χ1n) is 7.42. The Bertz CT molecular complexity index is 633. The molecule has 130 valence electrons. The molecule has 2 aliphatic heterocycles. The monoisotopic (exact) mass is 338 g/mol. The summed E-state index contributed by atoms with van der Waals surface area (Å²) < 4.78 is 22.8. The van der Waals surface area contributed by atoms with Crippen molar-refractivity contribution in [1.29, 1.82) is 0 Å². The number of hydrogen-bond acceptors (Lipinski definition) is 8. The van der Waals surface area contributed by atoms with Gasteiger partial charge in [-0.3, -0.25) is 0 Å². The third-order valence-corrected chi connectivity index (χ3v) is 3.88. The lowest BCUT2D eigenvalue weighted by Crippen LogP contribution is -2.37. The molecule has 4 atom stereocenters. The quantitative estimate of drug-likeness (QED) is 0.574. The van der Waals surface area contributed by atoms with E-state index in [9.17, 15) is 9.59 Å². The number of esters is 1. The Morgan fingerprint density at radius 1 is 1.46 bits per heavy atom. The van der Waals surface area contributed by atoms with E-state index in [0.29, 0.717) is 13.2 Å². The van der Waals surface area contributed by atoms with E-state index in [1.165, 1.54) is 18.0 Å². The summed E-state index contributed by atoms with van der Waals surface area (Å²) in [5.41, 5.74) is 0.107. The molecule has 4 unspecified atom stereocenters. The number of hydrogen-bond donors (Lipinski definition) is 1. The Labute approximate surface area is 137 Å². The molecule has 10 heteroatoms. The van der Waals surface area contributed by atoms with Crippen LogP contribution in [0.5, 0.6) is 0 Å². The molecule has 1 aromatic heterocycles. The van der Waals surface area contributed by atoms with Crippen LogP contribution >= 0.6 is 0 Å². The molecule has 24 heavy (non-hydrogen) atoms. The van der Waals surface area contributed by atoms with E-state index in [0.717, 1.165) is 0 Å². The summed E-state index contributed by atoms with van der Waals surface area (Å²) in [4.78, 5) is 23.1. The van der Waals surface area contributed by atoms with E-state index in [4.69, 9.17) is 14.2 Å². The molecule has 1 aromatic rings. The van der Waals surface area contributed by atoms with Crippen molar-refractivity contribution < 1.29 is 28.5 Å². The van der Waals surface area contributed by atoms with Crippen LogP contribution in [-0.2, 0) is 18.9 Å². The second-order valence-corrected chi connectivity index (χ2v) is 5.35. The van der Waals surface area contributed by atoms with Crippen LogP contribution in [0, 0.1) is 0 Å². The number of alkyl carbamates (subject to hydrolysis) is 1. The maximum atomic E-state index is 11.6. The third-order valence-electron chi connectivity index (χ3n) is 3.88. The average Bonchev–Trinajstić information content (AvgIpc) is 3.29. The summed E-state index contributed by atoms with van der Waals surface area (Å²) in [6.07, 6.45) is 1.25. The number of methoxy groups -OCH3 is 1. The van der Waals surface area contributed by atoms with Gasteiger partial charge in [0.25, 0.3) is 0 Å². The van der Waals surface area contributed by atoms with E-state index in [-0.39, 0.29) is 24.4 Å². The molecule has 0 aliphatic carbocycles. The molecule has 1 N–H and O–H groups in total. The summed E-state index contributed by atoms with van der Waals surface area (Å²) in [6.45, 7) is 4.37. The maximum absolute atomic E-state index is 11.6. The highest BCUT2D eigenvalue weighted by Gasteiger charge is 2.50. The topological polar surface area (TPSA) is 114 Å². The van der Waals surface area contributed by atoms with Gasteiger partial charge >= 0.3 is 12.1 Å². The molecule has 3 heterocycles. The van der Waals surface area contributed by atoms with Gasteiger partial charge in [0.2, 0.25) is 0 Å². The number of nitrogens with one attached hydrogen (secondary N) is 1. The largest absolute Gasteiger partial charge is 0.464 e. The van der Waals surface area contributed by atoms with E-state index in [2.05, 4.69) is 26.9 Å². The number of fused-ring (bicyclic) bond motifs is 1. The van der Waals surface area contributed by atoms with Gasteiger partial charge in [0.1, 0.15) is 18.2 Å². The van der Waals surface area contributed by atoms with Crippen LogP contribution in [0.25, 0.3) is 0 Å². The minimum absolute atomic E-state index is 0.107. The molecule has 1 amide bonds. The first-order chi connectivity index (χ1) is 11.6. The molecular formula is C14H18N4O6. The fraction of sp³-hybridized carbons (Fsp3) is 0.571. The van der Waals surface area contributed by atoms with Crippen molar-refractivity contribution in [3.8, 4) is 0 Å². The van der Waals surface area contributed by atoms with Gasteiger partial charge in [-0.15, -0.1) is 11.7 Å². The Morgan fingerprint density at radius 3 is 3.00 bits per heavy atom. The van der Waals surface area contributed by atoms with Gasteiger partial charge in [-0.25, -0.2) is 14.3 Å². The van der Waals surface area contributed by atoms with Gasteiger partial charge in [0.05, 0.1) is 26.5 Å². The van der Waals surface area contributed by atoms with Gasteiger partial charge in [-0.2, -0.15) is 0 Å². The predicted octanol–water partition coefficient (Wildman–Crippen LogP) is -0.316. The van der Waals surface area contributed by atoms with Crippen molar-refractivity contribution in [2.75, 3.05) is 26.9 Å². The number of amides is 1. The highest BCUT2D eigenvalue weighted by molar-refractivity contribution is 5.86. The smallest absolute Gasteiger partial charge is 0.407 e. The van der Waals surface area contributed by atoms with Crippen molar-refractivity contribution in [2.24, 2.45) is 0 Å². The lowest BCUT2D eigenvalue weighted by molar-refractivity contribution is 0.00330. The summed E-state index contributed by atoms with van der Waals surface area (Å²) in [5.74, 6) is -0.566. The minimum atomic E-state index is -0.566. The average molecular weight is 338 g/mol. The Balaban J connectivity index is 1.63. The lowest BCUT2D eigenvalue weighted by atomic mass is 10.1. The number of ether oxygens (including phenoxy) is 4. The molecule has 0 spiro atoms. The van der Waals surface area contributed by atoms with Crippen LogP contribution in [0.1, 0.15) is 16.5 Å². The number of rotatable bonds is 5. The van der Waals surface area contributed by atoms with Gasteiger partial charge in [-0.1, -0.05) is 11.3 Å². The van der Waals surface area contributed by atoms with Crippen molar-refractivity contribution in [3.05, 3.63) is 24.5 Å². The molecule has 2 fully saturated rings. The molecule has 2 saturated heterocycles. The predicted molar refractivity (Wildman–Crippen MR) is 78.3 cm³/mol. The second kappa shape index (κ2) is 6.97. The number of carbonyl (C=O) groups excluding carboxylic acids is 2. The lowest BCUT2D eigenvalue weighted by Gasteiger charge is -2.17. The van der Waals surface area contributed by atoms with Crippen LogP contribution < -0.4 is 5.32 Å². The van der Waals surface area contributed by atoms with E-state index < -0.39 is 24.3 Å². The molecule has 10 nitrogen and oxygen atoms in total. The highest BCUT2D eigenvalue weighted by Crippen LogP contribution is 2.35. The molecule has 0 bridgehead atoms. The zero-order valence-corrected chi connectivity index (χ0v) is 13.1. The summed E-state index contributed by atoms with van der Waals surface area (Å²) in [5, 5.41) is 10.2. The standard InChI is InChI=1S/C14H18N4O6/c1-3-4-15-14(20)24-10-7-23-11-9(6-22-12(10)11)18-5-8(16-17-18)13(19)21-2/h3,5,9-12H,1,4,6-7H2,2H3,(H,15,20). The zero-order valence-electron chi connectivity index (χ0n) is 13.1. The number of aromatic nitrogens is 3. The van der Waals surface area contributed by atoms with E-state index in [1.807, 2.05) is 0 Å². The van der Waals surface area contributed by atoms with Crippen LogP contribution in [0.2, 0.25) is 0 Å². The molecule has 0 radical (unpaired) electrons. The molecule has 0 aromatic carbocycles. The van der Waals surface area contributed by atoms with Crippen molar-refractivity contribution in [2.45, 2.75) is 24.4 Å². The van der Waals surface area contributed by atoms with Crippen LogP contribution in [0.15, 0.2) is 18.9 Å². The Hall–Kier alpha value is -2.46. The number of carbonyl (C=O) groups is 2. The summed E-state index contributed by atoms with van der Waals surface area (Å²) in [7, 11) is 1.27. The van der Waals surface area contributed by atoms with Crippen LogP contribution in [0.4, 0.5) is 4.79 Å². The summed E-state index contributed by atoms with van der Waals surface area (Å²) >= 11 is 0. The first kappa shape index (κ1) is 16.4. The van der Waals surface area contributed by atoms with Gasteiger partial charge < -0.3 is 24.3 Å². The van der Waals surface area contributed by atoms with Gasteiger partial charge in [0, 0.05) is 6.54 Å². The normalized spacial score (nSPS) is 28.2. The molecular weight excluding hydrogens is 320 g/mol. The van der Waals surface area contributed by atoms with Crippen LogP contribution in [0.3, 0.4) is 0 Å². The van der Waals surface area contributed by atoms with Crippen molar-refractivity contribution in [1.82, 2.24) is 20.3 Å². The van der Waals surface area contributed by atoms with Gasteiger partial charge in [0.15, 0.2) is 11.8 Å². The van der Waals surface area contributed by atoms with E-state index in [1.54, 1.807) is 6.08 Å². The summed E-state index contributed by atoms with van der Waals surface area (Å²) in [6, 6.07) is -0.259. The fourth-order valence-electron chi connectivity index (χ4n) is 2.74. The van der Waals surface area contributed by atoms with Crippen molar-refractivity contribution >= 4 is 12.1 Å². The first-order valence-corrected chi connectivity index (χ1v) is 7.42. The molecule has 2 aliphatic rings. The fourth-order valence-corrected chi connectivity index (χ4v) is 2.74.